The molecule has 0 aromatic rings. The maximum absolute atomic E-state index is 9.58. The molecule has 1 saturated heterocycles. The molecular weight excluding hydrogens is 212 g/mol. The van der Waals surface area contributed by atoms with Crippen LogP contribution in [0.25, 0.3) is 0 Å². The summed E-state index contributed by atoms with van der Waals surface area (Å²) in [6.45, 7) is 3.49. The van der Waals surface area contributed by atoms with Crippen molar-refractivity contribution in [1.82, 2.24) is 4.90 Å². The molecule has 7 nitrogen and oxygen atoms in total. The molecule has 2 rings (SSSR count). The van der Waals surface area contributed by atoms with E-state index in [0.29, 0.717) is 12.2 Å². The standard InChI is InChI=1S/C9H14N4O3/c1-5-12-9(10)11-4-13(5)8-2-6(15)7(3-14)16-8/h4,6-8,14-15H,1-3H2,(H2,10,12)/t6-,7-,8-/m1/s1. The van der Waals surface area contributed by atoms with Crippen LogP contribution in [0, 0.1) is 0 Å². The van der Waals surface area contributed by atoms with Gasteiger partial charge in [-0.05, 0) is 0 Å². The predicted molar refractivity (Wildman–Crippen MR) is 57.5 cm³/mol. The van der Waals surface area contributed by atoms with E-state index in [1.54, 1.807) is 4.90 Å². The molecule has 7 heteroatoms. The van der Waals surface area contributed by atoms with E-state index >= 15 is 0 Å². The number of ether oxygens (including phenoxy) is 1. The third kappa shape index (κ3) is 1.92. The van der Waals surface area contributed by atoms with Crippen LogP contribution in [0.4, 0.5) is 0 Å². The molecule has 3 atom stereocenters. The van der Waals surface area contributed by atoms with Crippen LogP contribution in [0.2, 0.25) is 0 Å². The fourth-order valence-corrected chi connectivity index (χ4v) is 1.70. The molecule has 0 aliphatic carbocycles. The van der Waals surface area contributed by atoms with Crippen LogP contribution in [-0.4, -0.2) is 52.5 Å². The predicted octanol–water partition coefficient (Wildman–Crippen LogP) is -1.42. The second kappa shape index (κ2) is 4.20. The van der Waals surface area contributed by atoms with Crippen LogP contribution in [-0.2, 0) is 4.74 Å². The van der Waals surface area contributed by atoms with E-state index in [1.807, 2.05) is 0 Å². The number of aliphatic hydroxyl groups is 2. The second-order valence-electron chi connectivity index (χ2n) is 3.65. The second-order valence-corrected chi connectivity index (χ2v) is 3.65. The summed E-state index contributed by atoms with van der Waals surface area (Å²) >= 11 is 0. The Morgan fingerprint density at radius 2 is 2.44 bits per heavy atom. The van der Waals surface area contributed by atoms with Gasteiger partial charge in [0.15, 0.2) is 0 Å². The first kappa shape index (κ1) is 11.1. The Morgan fingerprint density at radius 1 is 1.69 bits per heavy atom. The lowest BCUT2D eigenvalue weighted by Crippen LogP contribution is -2.36. The van der Waals surface area contributed by atoms with Crippen LogP contribution in [0.15, 0.2) is 22.4 Å². The summed E-state index contributed by atoms with van der Waals surface area (Å²) < 4.78 is 5.43. The molecule has 2 heterocycles. The number of rotatable bonds is 2. The van der Waals surface area contributed by atoms with Crippen LogP contribution >= 0.6 is 0 Å². The summed E-state index contributed by atoms with van der Waals surface area (Å²) in [6, 6.07) is 0. The van der Waals surface area contributed by atoms with Gasteiger partial charge in [0.2, 0.25) is 5.96 Å². The number of aliphatic hydroxyl groups excluding tert-OH is 2. The average molecular weight is 226 g/mol. The van der Waals surface area contributed by atoms with E-state index in [4.69, 9.17) is 15.6 Å². The smallest absolute Gasteiger partial charge is 0.223 e. The Kier molecular flexibility index (Phi) is 2.90. The molecule has 0 radical (unpaired) electrons. The lowest BCUT2D eigenvalue weighted by Gasteiger charge is -2.27. The van der Waals surface area contributed by atoms with Gasteiger partial charge in [-0.15, -0.1) is 0 Å². The molecule has 2 aliphatic rings. The summed E-state index contributed by atoms with van der Waals surface area (Å²) in [7, 11) is 0. The highest BCUT2D eigenvalue weighted by molar-refractivity contribution is 5.89. The quantitative estimate of drug-likeness (QED) is 0.536. The molecule has 88 valence electrons. The van der Waals surface area contributed by atoms with Gasteiger partial charge in [0.1, 0.15) is 24.5 Å². The minimum absolute atomic E-state index is 0.138. The zero-order valence-electron chi connectivity index (χ0n) is 8.65. The van der Waals surface area contributed by atoms with Crippen molar-refractivity contribution >= 4 is 12.3 Å². The molecule has 0 amide bonds. The van der Waals surface area contributed by atoms with Crippen molar-refractivity contribution in [3.8, 4) is 0 Å². The van der Waals surface area contributed by atoms with Crippen molar-refractivity contribution in [3.63, 3.8) is 0 Å². The van der Waals surface area contributed by atoms with E-state index in [0.717, 1.165) is 0 Å². The summed E-state index contributed by atoms with van der Waals surface area (Å²) in [4.78, 5) is 9.29. The highest BCUT2D eigenvalue weighted by atomic mass is 16.5. The highest BCUT2D eigenvalue weighted by Gasteiger charge is 2.37. The van der Waals surface area contributed by atoms with Gasteiger partial charge in [-0.3, -0.25) is 4.90 Å². The van der Waals surface area contributed by atoms with Gasteiger partial charge in [0.25, 0.3) is 0 Å². The molecule has 4 N–H and O–H groups in total. The minimum atomic E-state index is -0.695. The number of nitrogens with two attached hydrogens (primary N) is 1. The number of hydrogen-bond donors (Lipinski definition) is 3. The molecule has 0 bridgehead atoms. The summed E-state index contributed by atoms with van der Waals surface area (Å²) in [6.07, 6.45) is 0.141. The average Bonchev–Trinajstić information content (AvgIpc) is 2.59. The lowest BCUT2D eigenvalue weighted by atomic mass is 10.2. The topological polar surface area (TPSA) is 104 Å². The molecule has 0 spiro atoms. The summed E-state index contributed by atoms with van der Waals surface area (Å²) in [5.41, 5.74) is 5.40. The van der Waals surface area contributed by atoms with Gasteiger partial charge < -0.3 is 20.7 Å². The van der Waals surface area contributed by atoms with Crippen LogP contribution in [0.5, 0.6) is 0 Å². The van der Waals surface area contributed by atoms with E-state index in [2.05, 4.69) is 16.6 Å². The molecule has 1 fully saturated rings. The fraction of sp³-hybridized carbons (Fsp3) is 0.556. The zero-order valence-corrected chi connectivity index (χ0v) is 8.65. The summed E-state index contributed by atoms with van der Waals surface area (Å²) in [5.74, 6) is 0.543. The van der Waals surface area contributed by atoms with Crippen molar-refractivity contribution in [1.29, 1.82) is 0 Å². The van der Waals surface area contributed by atoms with E-state index in [-0.39, 0.29) is 12.6 Å². The Bertz CT molecular complexity index is 355. The van der Waals surface area contributed by atoms with Crippen molar-refractivity contribution in [2.24, 2.45) is 15.7 Å². The van der Waals surface area contributed by atoms with Gasteiger partial charge in [-0.1, -0.05) is 6.58 Å². The Morgan fingerprint density at radius 3 is 3.00 bits per heavy atom. The zero-order chi connectivity index (χ0) is 11.7. The largest absolute Gasteiger partial charge is 0.394 e. The Balaban J connectivity index is 2.06. The van der Waals surface area contributed by atoms with E-state index in [1.165, 1.54) is 6.34 Å². The van der Waals surface area contributed by atoms with Gasteiger partial charge >= 0.3 is 0 Å². The Labute approximate surface area is 92.5 Å². The molecule has 0 saturated carbocycles. The first-order chi connectivity index (χ1) is 7.61. The lowest BCUT2D eigenvalue weighted by molar-refractivity contribution is -0.0501. The third-order valence-electron chi connectivity index (χ3n) is 2.55. The van der Waals surface area contributed by atoms with Crippen molar-refractivity contribution in [2.75, 3.05) is 6.61 Å². The number of guanidine groups is 1. The normalized spacial score (nSPS) is 34.4. The fourth-order valence-electron chi connectivity index (χ4n) is 1.70. The number of aliphatic imine (C=N–C) groups is 2. The molecule has 16 heavy (non-hydrogen) atoms. The van der Waals surface area contributed by atoms with Crippen molar-refractivity contribution < 1.29 is 14.9 Å². The molecular formula is C9H14N4O3. The monoisotopic (exact) mass is 226 g/mol. The van der Waals surface area contributed by atoms with Crippen molar-refractivity contribution in [2.45, 2.75) is 24.9 Å². The van der Waals surface area contributed by atoms with E-state index < -0.39 is 18.4 Å². The van der Waals surface area contributed by atoms with Gasteiger partial charge in [-0.25, -0.2) is 4.99 Å². The first-order valence-electron chi connectivity index (χ1n) is 4.92. The maximum Gasteiger partial charge on any atom is 0.223 e. The molecule has 0 aromatic heterocycles. The number of hydrogen-bond acceptors (Lipinski definition) is 7. The van der Waals surface area contributed by atoms with E-state index in [9.17, 15) is 5.11 Å². The minimum Gasteiger partial charge on any atom is -0.394 e. The molecule has 2 aliphatic heterocycles. The van der Waals surface area contributed by atoms with Crippen LogP contribution in [0.1, 0.15) is 6.42 Å². The van der Waals surface area contributed by atoms with Gasteiger partial charge in [0.05, 0.1) is 12.7 Å². The Hall–Kier alpha value is -1.44. The van der Waals surface area contributed by atoms with Gasteiger partial charge in [0, 0.05) is 6.42 Å². The highest BCUT2D eigenvalue weighted by Crippen LogP contribution is 2.25. The number of nitrogens with zero attached hydrogens (tertiary/aromatic N) is 3. The molecule has 0 unspecified atom stereocenters. The third-order valence-corrected chi connectivity index (χ3v) is 2.55. The van der Waals surface area contributed by atoms with Crippen LogP contribution in [0.3, 0.4) is 0 Å². The summed E-state index contributed by atoms with van der Waals surface area (Å²) in [5, 5.41) is 18.5. The van der Waals surface area contributed by atoms with Gasteiger partial charge in [-0.2, -0.15) is 4.99 Å². The first-order valence-corrected chi connectivity index (χ1v) is 4.92. The molecule has 0 aromatic carbocycles. The van der Waals surface area contributed by atoms with Crippen molar-refractivity contribution in [3.05, 3.63) is 12.4 Å². The maximum atomic E-state index is 9.58. The SMILES string of the molecule is C=C1N=C(N)N=CN1[C@H]1C[C@@H](O)[C@@H](CO)O1. The van der Waals surface area contributed by atoms with Crippen LogP contribution < -0.4 is 5.73 Å².